The number of phenolic OH excluding ortho intramolecular Hbond substituents is 3. The lowest BCUT2D eigenvalue weighted by Crippen LogP contribution is -2.14. The molecule has 1 atom stereocenters. The average molecular weight is 1170 g/mol. The molecule has 8 rings (SSSR count). The van der Waals surface area contributed by atoms with Gasteiger partial charge in [0.25, 0.3) is 39.8 Å². The van der Waals surface area contributed by atoms with Gasteiger partial charge in [0.2, 0.25) is 0 Å². The first-order chi connectivity index (χ1) is 40.8. The molecule has 0 fully saturated rings. The number of hydrogen-bond donors (Lipinski definition) is 4. The number of allylic oxidation sites excluding steroid dienone is 4. The molecule has 0 bridgehead atoms. The van der Waals surface area contributed by atoms with Gasteiger partial charge in [0, 0.05) is 73.7 Å². The molecule has 7 aromatic rings. The van der Waals surface area contributed by atoms with Crippen molar-refractivity contribution in [1.82, 2.24) is 0 Å². The van der Waals surface area contributed by atoms with Crippen molar-refractivity contribution in [3.05, 3.63) is 243 Å². The topological polar surface area (TPSA) is 482 Å². The van der Waals surface area contributed by atoms with Gasteiger partial charge in [0.15, 0.2) is 0 Å². The Hall–Kier alpha value is -12.6. The molecule has 0 saturated carbocycles. The first-order valence-corrected chi connectivity index (χ1v) is 24.6. The maximum atomic E-state index is 11.9. The van der Waals surface area contributed by atoms with Crippen molar-refractivity contribution in [3.8, 4) is 17.2 Å². The lowest BCUT2D eigenvalue weighted by atomic mass is 9.85. The van der Waals surface area contributed by atoms with E-state index in [9.17, 15) is 91.2 Å². The maximum absolute atomic E-state index is 11.9. The van der Waals surface area contributed by atoms with Crippen LogP contribution in [0.2, 0.25) is 0 Å². The highest BCUT2D eigenvalue weighted by molar-refractivity contribution is 5.67. The molecule has 0 heterocycles. The predicted molar refractivity (Wildman–Crippen MR) is 299 cm³/mol. The molecule has 1 aliphatic carbocycles. The Morgan fingerprint density at radius 2 is 0.733 bits per heavy atom. The molecular formula is C53H39N15O18. The van der Waals surface area contributed by atoms with Crippen molar-refractivity contribution in [2.75, 3.05) is 0 Å². The second-order valence-corrected chi connectivity index (χ2v) is 18.9. The highest BCUT2D eigenvalue weighted by atomic mass is 16.7. The highest BCUT2D eigenvalue weighted by Gasteiger charge is 2.28. The Kier molecular flexibility index (Phi) is 17.3. The molecule has 7 aromatic carbocycles. The summed E-state index contributed by atoms with van der Waals surface area (Å²) in [5.41, 5.74) is -4.94. The van der Waals surface area contributed by atoms with Crippen LogP contribution in [0.3, 0.4) is 0 Å². The summed E-state index contributed by atoms with van der Waals surface area (Å²) in [6, 6.07) is 20.0. The molecule has 86 heavy (non-hydrogen) atoms. The number of azo groups is 4. The van der Waals surface area contributed by atoms with Crippen LogP contribution in [0.25, 0.3) is 0 Å². The molecule has 0 aromatic heterocycles. The van der Waals surface area contributed by atoms with Gasteiger partial charge in [-0.2, -0.15) is 25.6 Å². The van der Waals surface area contributed by atoms with Gasteiger partial charge in [0.1, 0.15) is 17.2 Å². The Morgan fingerprint density at radius 3 is 1.14 bits per heavy atom. The minimum Gasteiger partial charge on any atom is -0.512 e. The Labute approximate surface area is 479 Å². The van der Waals surface area contributed by atoms with Crippen LogP contribution in [0, 0.1) is 83.6 Å². The Balaban J connectivity index is 1.33. The van der Waals surface area contributed by atoms with E-state index in [1.807, 2.05) is 0 Å². The van der Waals surface area contributed by atoms with Crippen molar-refractivity contribution >= 4 is 79.6 Å². The quantitative estimate of drug-likeness (QED) is 0.0295. The van der Waals surface area contributed by atoms with Crippen molar-refractivity contribution in [2.45, 2.75) is 39.5 Å². The third kappa shape index (κ3) is 14.3. The number of aliphatic hydroxyl groups is 1. The minimum atomic E-state index is -0.915. The zero-order chi connectivity index (χ0) is 62.3. The number of rotatable bonds is 21. The van der Waals surface area contributed by atoms with E-state index in [1.165, 1.54) is 73.7 Å². The number of nitrogens with zero attached hydrogens (tertiary/aromatic N) is 15. The number of nitro groups is 7. The average Bonchev–Trinajstić information content (AvgIpc) is 3.50. The summed E-state index contributed by atoms with van der Waals surface area (Å²) in [6.45, 7) is 3.09. The Bertz CT molecular complexity index is 4140. The van der Waals surface area contributed by atoms with E-state index < -0.39 is 110 Å². The largest absolute Gasteiger partial charge is 0.512 e. The van der Waals surface area contributed by atoms with Gasteiger partial charge >= 0.3 is 0 Å². The fourth-order valence-electron chi connectivity index (χ4n) is 9.12. The molecular weight excluding hydrogens is 1130 g/mol. The predicted octanol–water partition coefficient (Wildman–Crippen LogP) is 15.0. The van der Waals surface area contributed by atoms with E-state index in [0.29, 0.717) is 23.8 Å². The van der Waals surface area contributed by atoms with E-state index in [4.69, 9.17) is 0 Å². The number of non-ortho nitro benzene ring substituents is 7. The van der Waals surface area contributed by atoms with Crippen LogP contribution < -0.4 is 0 Å². The van der Waals surface area contributed by atoms with Gasteiger partial charge in [-0.1, -0.05) is 6.07 Å². The van der Waals surface area contributed by atoms with Crippen LogP contribution in [0.1, 0.15) is 46.7 Å². The summed E-state index contributed by atoms with van der Waals surface area (Å²) in [7, 11) is 0. The van der Waals surface area contributed by atoms with E-state index in [-0.39, 0.29) is 97.6 Å². The van der Waals surface area contributed by atoms with Crippen LogP contribution in [0.15, 0.2) is 179 Å². The maximum Gasteiger partial charge on any atom is 0.278 e. The van der Waals surface area contributed by atoms with Crippen LogP contribution in [-0.4, -0.2) is 54.9 Å². The van der Waals surface area contributed by atoms with Gasteiger partial charge in [-0.25, -0.2) is 0 Å². The van der Waals surface area contributed by atoms with Gasteiger partial charge in [0.05, 0.1) is 104 Å². The fourth-order valence-corrected chi connectivity index (χ4v) is 9.12. The smallest absolute Gasteiger partial charge is 0.278 e. The number of nitro benzene ring substituents is 7. The molecule has 0 amide bonds. The lowest BCUT2D eigenvalue weighted by molar-refractivity contribution is -0.394. The van der Waals surface area contributed by atoms with Gasteiger partial charge in [-0.15, -0.1) is 15.3 Å². The summed E-state index contributed by atoms with van der Waals surface area (Å²) in [5.74, 6) is -2.22. The summed E-state index contributed by atoms with van der Waals surface area (Å²) in [6.07, 6.45) is 0.238. The lowest BCUT2D eigenvalue weighted by Gasteiger charge is -2.23. The second-order valence-electron chi connectivity index (χ2n) is 18.9. The second kappa shape index (κ2) is 25.1. The monoisotopic (exact) mass is 1170 g/mol. The van der Waals surface area contributed by atoms with Crippen LogP contribution in [-0.2, 0) is 19.3 Å². The van der Waals surface area contributed by atoms with Gasteiger partial charge in [-0.05, 0) is 108 Å². The molecule has 0 radical (unpaired) electrons. The van der Waals surface area contributed by atoms with E-state index in [2.05, 4.69) is 40.9 Å². The standard InChI is InChI=1S/C53H39N15O18/c1-27-6-46(69)11-29(50(27)58-54-35-4-3-5-39(17-35)62(73)74)8-31-13-48(71)15-33(52(31)60-56-37-20-42(65(79)80)25-43(21-37)66(81)82)10-34-16-49(72)14-32(53(34)61-57-38-22-44(67(83)84)26-45(23-38)68(85)86)9-30-12-47(70)7-28(2)51(30)59-55-36-18-40(63(75)76)24-41(19-36)64(77)78/h3-7,12-26,29,69-72H,8-11H2,1-2H3. The number of hydrogen-bond acceptors (Lipinski definition) is 26. The molecule has 33 heteroatoms. The minimum absolute atomic E-state index is 0.00686. The normalized spacial score (nSPS) is 13.4. The molecule has 0 aliphatic heterocycles. The fraction of sp³-hybridized carbons (Fsp3) is 0.132. The molecule has 4 N–H and O–H groups in total. The van der Waals surface area contributed by atoms with Crippen LogP contribution in [0.5, 0.6) is 17.2 Å². The van der Waals surface area contributed by atoms with E-state index >= 15 is 0 Å². The number of aryl methyl sites for hydroxylation is 1. The summed E-state index contributed by atoms with van der Waals surface area (Å²) >= 11 is 0. The van der Waals surface area contributed by atoms with Crippen LogP contribution >= 0.6 is 0 Å². The van der Waals surface area contributed by atoms with Crippen LogP contribution in [0.4, 0.5) is 79.6 Å². The molecule has 0 saturated heterocycles. The van der Waals surface area contributed by atoms with Gasteiger partial charge < -0.3 is 20.4 Å². The molecule has 33 nitrogen and oxygen atoms in total. The van der Waals surface area contributed by atoms with Crippen molar-refractivity contribution in [3.63, 3.8) is 0 Å². The van der Waals surface area contributed by atoms with Gasteiger partial charge in [-0.3, -0.25) is 70.8 Å². The number of benzene rings is 7. The number of aromatic hydroxyl groups is 3. The summed E-state index contributed by atoms with van der Waals surface area (Å²) in [4.78, 5) is 76.7. The van der Waals surface area contributed by atoms with Crippen molar-refractivity contribution < 1.29 is 54.9 Å². The van der Waals surface area contributed by atoms with E-state index in [0.717, 1.165) is 36.4 Å². The first-order valence-electron chi connectivity index (χ1n) is 24.6. The first kappa shape index (κ1) is 59.5. The molecule has 1 aliphatic rings. The number of phenols is 3. The molecule has 0 spiro atoms. The zero-order valence-electron chi connectivity index (χ0n) is 44.2. The molecule has 434 valence electrons. The molecule has 1 unspecified atom stereocenters. The van der Waals surface area contributed by atoms with Crippen molar-refractivity contribution in [2.24, 2.45) is 46.8 Å². The van der Waals surface area contributed by atoms with Crippen molar-refractivity contribution in [1.29, 1.82) is 0 Å². The Morgan fingerprint density at radius 1 is 0.395 bits per heavy atom. The van der Waals surface area contributed by atoms with E-state index in [1.54, 1.807) is 6.92 Å². The number of aliphatic hydroxyl groups excluding tert-OH is 1. The highest BCUT2D eigenvalue weighted by Crippen LogP contribution is 2.44. The third-order valence-electron chi connectivity index (χ3n) is 12.8. The third-order valence-corrected chi connectivity index (χ3v) is 12.8. The zero-order valence-corrected chi connectivity index (χ0v) is 44.2. The summed E-state index contributed by atoms with van der Waals surface area (Å²) in [5, 5.41) is 162. The summed E-state index contributed by atoms with van der Waals surface area (Å²) < 4.78 is 0. The SMILES string of the molecule is CC1=C(N=Nc2cccc([N+](=O)[O-])c2)C(Cc2cc(O)cc(Cc3cc(O)cc(Cc4cc(O)cc(C)c4N=Nc4cc([N+](=O)[O-])cc([N+](=O)[O-])c4)c3N=Nc3cc([N+](=O)[O-])cc([N+](=O)[O-])c3)c2N=Nc2cc([N+](=O)[O-])cc([N+](=O)[O-])c2)CC(O)=C1.